The molecule has 6 heteroatoms. The molecule has 3 atom stereocenters. The summed E-state index contributed by atoms with van der Waals surface area (Å²) in [7, 11) is 1.42. The molecule has 0 amide bonds. The number of hydrogen-bond donors (Lipinski definition) is 0. The number of ether oxygens (including phenoxy) is 1. The van der Waals surface area contributed by atoms with Crippen LogP contribution in [0.1, 0.15) is 6.42 Å². The van der Waals surface area contributed by atoms with E-state index in [4.69, 9.17) is 0 Å². The lowest BCUT2D eigenvalue weighted by Gasteiger charge is -2.19. The van der Waals surface area contributed by atoms with Gasteiger partial charge in [-0.1, -0.05) is 63.7 Å². The topological polar surface area (TPSA) is 26.3 Å². The van der Waals surface area contributed by atoms with E-state index in [2.05, 4.69) is 68.5 Å². The number of carbonyl (C=O) groups is 1. The van der Waals surface area contributed by atoms with Gasteiger partial charge in [-0.15, -0.1) is 0 Å². The summed E-state index contributed by atoms with van der Waals surface area (Å²) in [6.45, 7) is 0. The zero-order chi connectivity index (χ0) is 10.2. The molecule has 1 aliphatic rings. The summed E-state index contributed by atoms with van der Waals surface area (Å²) < 4.78 is 4.31. The second-order valence-electron chi connectivity index (χ2n) is 2.97. The van der Waals surface area contributed by atoms with E-state index in [0.717, 1.165) is 6.42 Å². The van der Waals surface area contributed by atoms with Crippen LogP contribution in [-0.4, -0.2) is 20.0 Å². The highest BCUT2D eigenvalue weighted by Crippen LogP contribution is 2.54. The van der Waals surface area contributed by atoms with Gasteiger partial charge in [-0.05, 0) is 12.3 Å². The Morgan fingerprint density at radius 2 is 2.08 bits per heavy atom. The Morgan fingerprint density at radius 3 is 2.46 bits per heavy atom. The zero-order valence-electron chi connectivity index (χ0n) is 6.77. The van der Waals surface area contributed by atoms with E-state index in [0.29, 0.717) is 5.92 Å². The van der Waals surface area contributed by atoms with Crippen molar-refractivity contribution in [1.29, 1.82) is 0 Å². The first-order chi connectivity index (χ1) is 5.88. The molecule has 0 aliphatic heterocycles. The minimum absolute atomic E-state index is 0.0430. The van der Waals surface area contributed by atoms with E-state index in [-0.39, 0.29) is 18.9 Å². The van der Waals surface area contributed by atoms with E-state index in [1.807, 2.05) is 0 Å². The number of alkyl halides is 4. The Morgan fingerprint density at radius 1 is 1.54 bits per heavy atom. The van der Waals surface area contributed by atoms with Crippen LogP contribution in [0.15, 0.2) is 0 Å². The van der Waals surface area contributed by atoms with Gasteiger partial charge in [0.2, 0.25) is 0 Å². The highest BCUT2D eigenvalue weighted by atomic mass is 80.0. The third kappa shape index (κ3) is 3.18. The fraction of sp³-hybridized carbons (Fsp3) is 0.857. The van der Waals surface area contributed by atoms with Gasteiger partial charge in [-0.2, -0.15) is 0 Å². The molecule has 1 aliphatic carbocycles. The SMILES string of the molecule is COC(=O)C1CC1C(Br)C(Br)(Br)Br. The van der Waals surface area contributed by atoms with Crippen LogP contribution in [0.4, 0.5) is 0 Å². The van der Waals surface area contributed by atoms with Crippen molar-refractivity contribution in [3.8, 4) is 0 Å². The summed E-state index contributed by atoms with van der Waals surface area (Å²) >= 11 is 13.8. The first-order valence-corrected chi connectivity index (χ1v) is 6.96. The minimum atomic E-state index is -0.347. The predicted octanol–water partition coefficient (Wildman–Crippen LogP) is 3.40. The smallest absolute Gasteiger partial charge is 0.308 e. The highest BCUT2D eigenvalue weighted by molar-refractivity contribution is 9.40. The maximum Gasteiger partial charge on any atom is 0.308 e. The van der Waals surface area contributed by atoms with Crippen LogP contribution in [0.5, 0.6) is 0 Å². The van der Waals surface area contributed by atoms with Crippen molar-refractivity contribution >= 4 is 69.7 Å². The quantitative estimate of drug-likeness (QED) is 0.483. The number of carbonyl (C=O) groups excluding carboxylic acids is 1. The zero-order valence-corrected chi connectivity index (χ0v) is 13.1. The summed E-state index contributed by atoms with van der Waals surface area (Å²) in [6, 6.07) is 0. The fourth-order valence-electron chi connectivity index (χ4n) is 1.20. The summed E-state index contributed by atoms with van der Waals surface area (Å²) in [5.41, 5.74) is 0. The Hall–Kier alpha value is 1.39. The van der Waals surface area contributed by atoms with Crippen LogP contribution >= 0.6 is 63.7 Å². The molecule has 1 saturated carbocycles. The van der Waals surface area contributed by atoms with E-state index in [9.17, 15) is 4.79 Å². The highest BCUT2D eigenvalue weighted by Gasteiger charge is 2.52. The maximum absolute atomic E-state index is 11.1. The minimum Gasteiger partial charge on any atom is -0.469 e. The molecule has 76 valence electrons. The van der Waals surface area contributed by atoms with Crippen molar-refractivity contribution in [2.45, 2.75) is 13.4 Å². The van der Waals surface area contributed by atoms with Crippen molar-refractivity contribution in [2.24, 2.45) is 11.8 Å². The second kappa shape index (κ2) is 4.49. The molecule has 0 saturated heterocycles. The van der Waals surface area contributed by atoms with Crippen LogP contribution in [-0.2, 0) is 9.53 Å². The Balaban J connectivity index is 2.47. The lowest BCUT2D eigenvalue weighted by Crippen LogP contribution is -2.21. The molecule has 3 unspecified atom stereocenters. The molecule has 0 spiro atoms. The first kappa shape index (κ1) is 12.5. The van der Waals surface area contributed by atoms with Crippen molar-refractivity contribution in [3.05, 3.63) is 0 Å². The standard InChI is InChI=1S/C7H8Br4O2/c1-13-6(12)4-2-3(4)5(8)7(9,10)11/h3-5H,2H2,1H3. The van der Waals surface area contributed by atoms with Gasteiger partial charge in [0.25, 0.3) is 0 Å². The summed E-state index contributed by atoms with van der Waals surface area (Å²) in [5.74, 6) is 0.248. The molecule has 0 aromatic carbocycles. The average Bonchev–Trinajstić information content (AvgIpc) is 2.79. The van der Waals surface area contributed by atoms with E-state index < -0.39 is 0 Å². The van der Waals surface area contributed by atoms with E-state index in [1.165, 1.54) is 7.11 Å². The predicted molar refractivity (Wildman–Crippen MR) is 65.8 cm³/mol. The molecule has 0 aromatic rings. The number of halogens is 4. The van der Waals surface area contributed by atoms with E-state index >= 15 is 0 Å². The van der Waals surface area contributed by atoms with Gasteiger partial charge in [0.15, 0.2) is 0 Å². The molecule has 1 rings (SSSR count). The Kier molecular flexibility index (Phi) is 4.31. The van der Waals surface area contributed by atoms with Crippen LogP contribution in [0.25, 0.3) is 0 Å². The van der Waals surface area contributed by atoms with Gasteiger partial charge in [0.1, 0.15) is 2.14 Å². The number of esters is 1. The molecular formula is C7H8Br4O2. The van der Waals surface area contributed by atoms with Crippen LogP contribution in [0.3, 0.4) is 0 Å². The Labute approximate surface area is 111 Å². The third-order valence-corrected chi connectivity index (χ3v) is 6.72. The maximum atomic E-state index is 11.1. The molecule has 0 N–H and O–H groups in total. The summed E-state index contributed by atoms with van der Waals surface area (Å²) in [5, 5.41) is 0. The summed E-state index contributed by atoms with van der Waals surface area (Å²) in [4.78, 5) is 11.3. The van der Waals surface area contributed by atoms with Crippen LogP contribution in [0, 0.1) is 11.8 Å². The van der Waals surface area contributed by atoms with Gasteiger partial charge in [-0.25, -0.2) is 0 Å². The van der Waals surface area contributed by atoms with Gasteiger partial charge >= 0.3 is 5.97 Å². The van der Waals surface area contributed by atoms with E-state index in [1.54, 1.807) is 0 Å². The van der Waals surface area contributed by atoms with Crippen LogP contribution in [0.2, 0.25) is 0 Å². The molecule has 0 aromatic heterocycles. The molecule has 13 heavy (non-hydrogen) atoms. The average molecular weight is 444 g/mol. The molecular weight excluding hydrogens is 436 g/mol. The lowest BCUT2D eigenvalue weighted by molar-refractivity contribution is -0.142. The van der Waals surface area contributed by atoms with Gasteiger partial charge < -0.3 is 4.74 Å². The molecule has 0 bridgehead atoms. The molecule has 1 fully saturated rings. The van der Waals surface area contributed by atoms with Crippen molar-refractivity contribution in [3.63, 3.8) is 0 Å². The summed E-state index contributed by atoms with van der Waals surface area (Å²) in [6.07, 6.45) is 0.882. The number of rotatable bonds is 2. The van der Waals surface area contributed by atoms with Crippen LogP contribution < -0.4 is 0 Å². The number of hydrogen-bond acceptors (Lipinski definition) is 2. The van der Waals surface area contributed by atoms with Crippen molar-refractivity contribution < 1.29 is 9.53 Å². The molecule has 0 heterocycles. The lowest BCUT2D eigenvalue weighted by atomic mass is 10.2. The first-order valence-electron chi connectivity index (χ1n) is 3.66. The monoisotopic (exact) mass is 440 g/mol. The number of methoxy groups -OCH3 is 1. The Bertz CT molecular complexity index is 213. The fourth-order valence-corrected chi connectivity index (χ4v) is 2.81. The normalized spacial score (nSPS) is 29.6. The second-order valence-corrected chi connectivity index (χ2v) is 10.9. The van der Waals surface area contributed by atoms with Gasteiger partial charge in [-0.3, -0.25) is 4.79 Å². The van der Waals surface area contributed by atoms with Gasteiger partial charge in [0.05, 0.1) is 17.9 Å². The van der Waals surface area contributed by atoms with Crippen molar-refractivity contribution in [1.82, 2.24) is 0 Å². The van der Waals surface area contributed by atoms with Gasteiger partial charge in [0, 0.05) is 0 Å². The molecule has 0 radical (unpaired) electrons. The third-order valence-electron chi connectivity index (χ3n) is 2.03. The van der Waals surface area contributed by atoms with Crippen molar-refractivity contribution in [2.75, 3.05) is 7.11 Å². The molecule has 2 nitrogen and oxygen atoms in total. The largest absolute Gasteiger partial charge is 0.469 e.